The molecule has 0 radical (unpaired) electrons. The molecule has 0 bridgehead atoms. The van der Waals surface area contributed by atoms with Crippen LogP contribution in [-0.4, -0.2) is 11.7 Å². The minimum atomic E-state index is -0.434. The molecule has 0 saturated heterocycles. The van der Waals surface area contributed by atoms with E-state index in [1.807, 2.05) is 53.9 Å². The Balaban J connectivity index is 1.92. The smallest absolute Gasteiger partial charge is 0.312 e. The lowest BCUT2D eigenvalue weighted by Crippen LogP contribution is -2.05. The molecule has 0 atom stereocenters. The van der Waals surface area contributed by atoms with Gasteiger partial charge >= 0.3 is 5.97 Å². The van der Waals surface area contributed by atoms with Crippen LogP contribution in [0.2, 0.25) is 0 Å². The first kappa shape index (κ1) is 14.0. The number of hydrogen-bond donors (Lipinski definition) is 0. The van der Waals surface area contributed by atoms with E-state index in [0.29, 0.717) is 11.3 Å². The summed E-state index contributed by atoms with van der Waals surface area (Å²) in [4.78, 5) is 17.5. The number of carbonyl (C=O) groups excluding carboxylic acids is 1. The van der Waals surface area contributed by atoms with Gasteiger partial charge in [0.15, 0.2) is 0 Å². The number of rotatable bonds is 3. The third-order valence-corrected chi connectivity index (χ3v) is 4.17. The van der Waals surface area contributed by atoms with Gasteiger partial charge in [0.2, 0.25) is 0 Å². The van der Waals surface area contributed by atoms with E-state index >= 15 is 0 Å². The molecular formula is C16H10BrNO2S. The van der Waals surface area contributed by atoms with Gasteiger partial charge in [-0.3, -0.25) is 0 Å². The maximum atomic E-state index is 11.8. The second-order valence-corrected chi connectivity index (χ2v) is 6.16. The average molecular weight is 360 g/mol. The Morgan fingerprint density at radius 3 is 2.71 bits per heavy atom. The van der Waals surface area contributed by atoms with Gasteiger partial charge in [-0.15, -0.1) is 11.3 Å². The van der Waals surface area contributed by atoms with Gasteiger partial charge in [0.1, 0.15) is 5.71 Å². The third kappa shape index (κ3) is 3.20. The van der Waals surface area contributed by atoms with Crippen molar-refractivity contribution in [2.75, 3.05) is 0 Å². The fraction of sp³-hybridized carbons (Fsp3) is 0. The van der Waals surface area contributed by atoms with Crippen molar-refractivity contribution in [1.29, 1.82) is 0 Å². The zero-order chi connectivity index (χ0) is 14.7. The molecule has 0 fully saturated rings. The predicted octanol–water partition coefficient (Wildman–Crippen LogP) is 4.37. The lowest BCUT2D eigenvalue weighted by atomic mass is 10.1. The van der Waals surface area contributed by atoms with Crippen molar-refractivity contribution < 1.29 is 9.63 Å². The molecule has 5 heteroatoms. The van der Waals surface area contributed by atoms with E-state index in [9.17, 15) is 4.79 Å². The van der Waals surface area contributed by atoms with E-state index < -0.39 is 5.97 Å². The largest absolute Gasteiger partial charge is 0.368 e. The zero-order valence-electron chi connectivity index (χ0n) is 10.8. The summed E-state index contributed by atoms with van der Waals surface area (Å²) in [5.41, 5.74) is 2.08. The van der Waals surface area contributed by atoms with Gasteiger partial charge in [-0.05, 0) is 29.2 Å². The molecule has 2 heterocycles. The number of halogens is 1. The monoisotopic (exact) mass is 359 g/mol. The third-order valence-electron chi connectivity index (χ3n) is 2.84. The molecule has 0 aliphatic carbocycles. The summed E-state index contributed by atoms with van der Waals surface area (Å²) in [5, 5.41) is 5.80. The average Bonchev–Trinajstić information content (AvgIpc) is 3.11. The van der Waals surface area contributed by atoms with Crippen molar-refractivity contribution in [3.8, 4) is 0 Å². The Bertz CT molecular complexity index is 746. The molecule has 1 aromatic heterocycles. The van der Waals surface area contributed by atoms with Gasteiger partial charge in [0.05, 0.1) is 10.5 Å². The van der Waals surface area contributed by atoms with Crippen LogP contribution in [0.15, 0.2) is 69.1 Å². The van der Waals surface area contributed by atoms with E-state index in [1.54, 1.807) is 6.08 Å². The van der Waals surface area contributed by atoms with Crippen LogP contribution in [0.3, 0.4) is 0 Å². The second kappa shape index (κ2) is 6.20. The topological polar surface area (TPSA) is 38.7 Å². The van der Waals surface area contributed by atoms with Crippen LogP contribution in [0.4, 0.5) is 0 Å². The van der Waals surface area contributed by atoms with Gasteiger partial charge in [0, 0.05) is 4.48 Å². The molecule has 3 nitrogen and oxygen atoms in total. The van der Waals surface area contributed by atoms with Crippen molar-refractivity contribution >= 4 is 45.0 Å². The fourth-order valence-corrected chi connectivity index (χ4v) is 3.10. The normalized spacial score (nSPS) is 17.0. The van der Waals surface area contributed by atoms with E-state index in [-0.39, 0.29) is 0 Å². The number of oxime groups is 1. The minimum absolute atomic E-state index is 0.434. The molecule has 0 N–H and O–H groups in total. The molecule has 0 spiro atoms. The Morgan fingerprint density at radius 1 is 1.19 bits per heavy atom. The summed E-state index contributed by atoms with van der Waals surface area (Å²) in [6, 6.07) is 13.7. The number of carbonyl (C=O) groups is 1. The summed E-state index contributed by atoms with van der Waals surface area (Å²) in [6.45, 7) is 0. The Morgan fingerprint density at radius 2 is 2.00 bits per heavy atom. The molecule has 3 rings (SSSR count). The quantitative estimate of drug-likeness (QED) is 0.602. The minimum Gasteiger partial charge on any atom is -0.312 e. The van der Waals surface area contributed by atoms with Crippen LogP contribution in [0.25, 0.3) is 6.08 Å². The summed E-state index contributed by atoms with van der Waals surface area (Å²) >= 11 is 4.99. The first-order chi connectivity index (χ1) is 10.2. The Labute approximate surface area is 134 Å². The summed E-state index contributed by atoms with van der Waals surface area (Å²) in [6.07, 6.45) is 3.67. The summed E-state index contributed by atoms with van der Waals surface area (Å²) in [5.74, 6) is -0.434. The van der Waals surface area contributed by atoms with Crippen molar-refractivity contribution in [3.05, 3.63) is 74.4 Å². The van der Waals surface area contributed by atoms with E-state index in [0.717, 1.165) is 14.9 Å². The predicted molar refractivity (Wildman–Crippen MR) is 88.4 cm³/mol. The van der Waals surface area contributed by atoms with Crippen LogP contribution in [0, 0.1) is 0 Å². The molecular weight excluding hydrogens is 350 g/mol. The molecule has 1 aliphatic rings. The first-order valence-corrected chi connectivity index (χ1v) is 7.89. The lowest BCUT2D eigenvalue weighted by Gasteiger charge is -1.97. The number of thiophene rings is 1. The van der Waals surface area contributed by atoms with Crippen LogP contribution >= 0.6 is 27.3 Å². The van der Waals surface area contributed by atoms with Gasteiger partial charge < -0.3 is 4.84 Å². The lowest BCUT2D eigenvalue weighted by molar-refractivity contribution is -0.136. The highest BCUT2D eigenvalue weighted by Crippen LogP contribution is 2.24. The molecule has 2 aromatic rings. The standard InChI is InChI=1S/C16H10BrNO2S/c17-12(9-11-5-2-1-3-6-11)10-13-15(18-20-16(13)19)14-7-4-8-21-14/h1-10H/b12-9-,13-10?. The van der Waals surface area contributed by atoms with Gasteiger partial charge in [-0.1, -0.05) is 57.5 Å². The van der Waals surface area contributed by atoms with Crippen LogP contribution in [-0.2, 0) is 9.63 Å². The number of hydrogen-bond acceptors (Lipinski definition) is 4. The van der Waals surface area contributed by atoms with Crippen LogP contribution < -0.4 is 0 Å². The highest BCUT2D eigenvalue weighted by atomic mass is 79.9. The highest BCUT2D eigenvalue weighted by Gasteiger charge is 2.27. The van der Waals surface area contributed by atoms with E-state index in [1.165, 1.54) is 11.3 Å². The van der Waals surface area contributed by atoms with E-state index in [4.69, 9.17) is 4.84 Å². The van der Waals surface area contributed by atoms with Crippen molar-refractivity contribution in [3.63, 3.8) is 0 Å². The Kier molecular flexibility index (Phi) is 4.13. The van der Waals surface area contributed by atoms with Crippen LogP contribution in [0.5, 0.6) is 0 Å². The number of nitrogens with zero attached hydrogens (tertiary/aromatic N) is 1. The number of allylic oxidation sites excluding steroid dienone is 2. The first-order valence-electron chi connectivity index (χ1n) is 6.21. The van der Waals surface area contributed by atoms with Gasteiger partial charge in [-0.25, -0.2) is 4.79 Å². The second-order valence-electron chi connectivity index (χ2n) is 4.29. The highest BCUT2D eigenvalue weighted by molar-refractivity contribution is 9.12. The molecule has 0 unspecified atom stereocenters. The summed E-state index contributed by atoms with van der Waals surface area (Å²) in [7, 11) is 0. The Hall–Kier alpha value is -1.98. The van der Waals surface area contributed by atoms with Crippen molar-refractivity contribution in [2.45, 2.75) is 0 Å². The van der Waals surface area contributed by atoms with Crippen LogP contribution in [0.1, 0.15) is 10.4 Å². The van der Waals surface area contributed by atoms with E-state index in [2.05, 4.69) is 21.1 Å². The number of benzene rings is 1. The van der Waals surface area contributed by atoms with Crippen molar-refractivity contribution in [2.24, 2.45) is 5.16 Å². The fourth-order valence-electron chi connectivity index (χ4n) is 1.89. The maximum Gasteiger partial charge on any atom is 0.368 e. The van der Waals surface area contributed by atoms with Gasteiger partial charge in [-0.2, -0.15) is 0 Å². The molecule has 1 aliphatic heterocycles. The maximum absolute atomic E-state index is 11.8. The van der Waals surface area contributed by atoms with Gasteiger partial charge in [0.25, 0.3) is 0 Å². The summed E-state index contributed by atoms with van der Waals surface area (Å²) < 4.78 is 0.784. The molecule has 0 saturated carbocycles. The molecule has 21 heavy (non-hydrogen) atoms. The SMILES string of the molecule is O=C1ON=C(c2cccs2)C1=C/C(Br)=C/c1ccccc1. The van der Waals surface area contributed by atoms with Crippen molar-refractivity contribution in [1.82, 2.24) is 0 Å². The molecule has 0 amide bonds. The molecule has 1 aromatic carbocycles. The zero-order valence-corrected chi connectivity index (χ0v) is 13.2. The molecule has 104 valence electrons.